The largest absolute Gasteiger partial charge is 0.372 e. The minimum absolute atomic E-state index is 0.0379. The molecule has 0 bridgehead atoms. The van der Waals surface area contributed by atoms with Crippen molar-refractivity contribution >= 4 is 40.7 Å². The number of nitrogens with zero attached hydrogens (tertiary/aromatic N) is 1. The molecule has 27 heavy (non-hydrogen) atoms. The summed E-state index contributed by atoms with van der Waals surface area (Å²) in [6.45, 7) is -0.209. The van der Waals surface area contributed by atoms with Gasteiger partial charge in [-0.05, 0) is 24.3 Å². The van der Waals surface area contributed by atoms with E-state index in [0.717, 1.165) is 11.0 Å². The van der Waals surface area contributed by atoms with E-state index in [2.05, 4.69) is 5.32 Å². The van der Waals surface area contributed by atoms with E-state index in [4.69, 9.17) is 23.2 Å². The Kier molecular flexibility index (Phi) is 5.37. The summed E-state index contributed by atoms with van der Waals surface area (Å²) < 4.78 is 27.2. The van der Waals surface area contributed by atoms with Gasteiger partial charge in [0.05, 0.1) is 10.0 Å². The van der Waals surface area contributed by atoms with E-state index in [0.29, 0.717) is 0 Å². The molecule has 0 aliphatic carbocycles. The van der Waals surface area contributed by atoms with Gasteiger partial charge in [-0.25, -0.2) is 8.78 Å². The molecule has 1 atom stereocenters. The summed E-state index contributed by atoms with van der Waals surface area (Å²) in [5.41, 5.74) is -1.93. The first-order valence-corrected chi connectivity index (χ1v) is 8.70. The van der Waals surface area contributed by atoms with Gasteiger partial charge in [0.15, 0.2) is 0 Å². The fourth-order valence-electron chi connectivity index (χ4n) is 2.82. The Morgan fingerprint density at radius 2 is 1.96 bits per heavy atom. The molecule has 3 rings (SSSR count). The zero-order valence-electron chi connectivity index (χ0n) is 13.8. The van der Waals surface area contributed by atoms with E-state index >= 15 is 0 Å². The number of hydrogen-bond acceptors (Lipinski definition) is 3. The van der Waals surface area contributed by atoms with E-state index in [1.165, 1.54) is 30.3 Å². The maximum absolute atomic E-state index is 13.9. The van der Waals surface area contributed by atoms with Crippen molar-refractivity contribution in [3.05, 3.63) is 63.6 Å². The minimum Gasteiger partial charge on any atom is -0.372 e. The number of amides is 2. The molecule has 2 N–H and O–H groups in total. The van der Waals surface area contributed by atoms with Crippen molar-refractivity contribution in [2.45, 2.75) is 18.6 Å². The fraction of sp³-hybridized carbons (Fsp3) is 0.222. The van der Waals surface area contributed by atoms with Gasteiger partial charge in [0.25, 0.3) is 11.8 Å². The van der Waals surface area contributed by atoms with Crippen molar-refractivity contribution in [1.82, 2.24) is 5.32 Å². The zero-order valence-corrected chi connectivity index (χ0v) is 15.3. The number of aliphatic hydroxyl groups is 1. The molecule has 0 radical (unpaired) electrons. The Labute approximate surface area is 163 Å². The lowest BCUT2D eigenvalue weighted by molar-refractivity contribution is -0.149. The van der Waals surface area contributed by atoms with Crippen LogP contribution in [0.3, 0.4) is 0 Å². The molecule has 0 spiro atoms. The van der Waals surface area contributed by atoms with E-state index in [1.807, 2.05) is 0 Å². The Morgan fingerprint density at radius 1 is 1.22 bits per heavy atom. The first-order chi connectivity index (χ1) is 12.7. The van der Waals surface area contributed by atoms with Crippen LogP contribution in [0.1, 0.15) is 12.0 Å². The number of halogens is 4. The van der Waals surface area contributed by atoms with Crippen LogP contribution in [0.5, 0.6) is 0 Å². The van der Waals surface area contributed by atoms with Crippen LogP contribution in [0, 0.1) is 11.6 Å². The van der Waals surface area contributed by atoms with Gasteiger partial charge in [-0.2, -0.15) is 0 Å². The van der Waals surface area contributed by atoms with Crippen LogP contribution < -0.4 is 10.2 Å². The van der Waals surface area contributed by atoms with Crippen LogP contribution in [-0.4, -0.2) is 29.1 Å². The fourth-order valence-corrected chi connectivity index (χ4v) is 3.19. The van der Waals surface area contributed by atoms with Crippen molar-refractivity contribution in [3.63, 3.8) is 0 Å². The molecule has 0 aromatic heterocycles. The van der Waals surface area contributed by atoms with Crippen LogP contribution in [0.4, 0.5) is 14.5 Å². The average molecular weight is 415 g/mol. The van der Waals surface area contributed by atoms with Gasteiger partial charge >= 0.3 is 0 Å². The number of benzene rings is 2. The van der Waals surface area contributed by atoms with Gasteiger partial charge in [-0.1, -0.05) is 35.3 Å². The molecular weight excluding hydrogens is 401 g/mol. The molecule has 2 amide bonds. The number of carbonyl (C=O) groups excluding carboxylic acids is 2. The average Bonchev–Trinajstić information content (AvgIpc) is 2.95. The normalized spacial score (nSPS) is 19.4. The van der Waals surface area contributed by atoms with Crippen LogP contribution in [0.2, 0.25) is 10.0 Å². The molecule has 0 saturated carbocycles. The monoisotopic (exact) mass is 414 g/mol. The van der Waals surface area contributed by atoms with Gasteiger partial charge < -0.3 is 15.3 Å². The van der Waals surface area contributed by atoms with Crippen molar-refractivity contribution in [2.24, 2.45) is 0 Å². The SMILES string of the molecule is O=C(NCc1cccc(Cl)c1F)[C@@]1(O)CCN(c2ccc(F)c(Cl)c2)C1=O. The smallest absolute Gasteiger partial charge is 0.268 e. The van der Waals surface area contributed by atoms with Crippen molar-refractivity contribution in [2.75, 3.05) is 11.4 Å². The lowest BCUT2D eigenvalue weighted by Crippen LogP contribution is -2.52. The molecule has 1 aliphatic heterocycles. The van der Waals surface area contributed by atoms with Crippen LogP contribution in [0.25, 0.3) is 0 Å². The molecule has 2 aromatic carbocycles. The molecule has 1 fully saturated rings. The number of anilines is 1. The first-order valence-electron chi connectivity index (χ1n) is 7.94. The Hall–Kier alpha value is -2.22. The number of nitrogens with one attached hydrogen (secondary N) is 1. The van der Waals surface area contributed by atoms with Gasteiger partial charge in [-0.3, -0.25) is 9.59 Å². The predicted molar refractivity (Wildman–Crippen MR) is 96.6 cm³/mol. The van der Waals surface area contributed by atoms with Crippen LogP contribution in [0.15, 0.2) is 36.4 Å². The third-order valence-corrected chi connectivity index (χ3v) is 4.94. The third kappa shape index (κ3) is 3.63. The second-order valence-electron chi connectivity index (χ2n) is 6.06. The maximum Gasteiger partial charge on any atom is 0.268 e. The van der Waals surface area contributed by atoms with Gasteiger partial charge in [0.1, 0.15) is 11.6 Å². The molecule has 1 aliphatic rings. The highest BCUT2D eigenvalue weighted by molar-refractivity contribution is 6.31. The molecule has 2 aromatic rings. The lowest BCUT2D eigenvalue weighted by atomic mass is 10.0. The summed E-state index contributed by atoms with van der Waals surface area (Å²) in [6.07, 6.45) is -0.176. The van der Waals surface area contributed by atoms with Gasteiger partial charge in [0, 0.05) is 30.8 Å². The zero-order chi connectivity index (χ0) is 19.8. The Morgan fingerprint density at radius 3 is 2.67 bits per heavy atom. The van der Waals surface area contributed by atoms with E-state index in [9.17, 15) is 23.5 Å². The van der Waals surface area contributed by atoms with E-state index in [1.54, 1.807) is 0 Å². The quantitative estimate of drug-likeness (QED) is 0.755. The number of rotatable bonds is 4. The van der Waals surface area contributed by atoms with Crippen LogP contribution >= 0.6 is 23.2 Å². The molecule has 142 valence electrons. The molecule has 1 heterocycles. The number of carbonyl (C=O) groups is 2. The Bertz CT molecular complexity index is 925. The second kappa shape index (κ2) is 7.42. The molecule has 5 nitrogen and oxygen atoms in total. The molecule has 0 unspecified atom stereocenters. The lowest BCUT2D eigenvalue weighted by Gasteiger charge is -2.22. The number of hydrogen-bond donors (Lipinski definition) is 2. The van der Waals surface area contributed by atoms with Gasteiger partial charge in [-0.15, -0.1) is 0 Å². The molecule has 9 heteroatoms. The highest BCUT2D eigenvalue weighted by Gasteiger charge is 2.51. The predicted octanol–water partition coefficient (Wildman–Crippen LogP) is 3.06. The van der Waals surface area contributed by atoms with Crippen molar-refractivity contribution in [1.29, 1.82) is 0 Å². The third-order valence-electron chi connectivity index (χ3n) is 4.36. The maximum atomic E-state index is 13.9. The summed E-state index contributed by atoms with van der Waals surface area (Å²) in [4.78, 5) is 26.1. The Balaban J connectivity index is 1.74. The molecule has 1 saturated heterocycles. The van der Waals surface area contributed by atoms with Crippen LogP contribution in [-0.2, 0) is 16.1 Å². The van der Waals surface area contributed by atoms with E-state index < -0.39 is 29.0 Å². The highest BCUT2D eigenvalue weighted by Crippen LogP contribution is 2.31. The molecular formula is C18H14Cl2F2N2O3. The minimum atomic E-state index is -2.31. The summed E-state index contributed by atoms with van der Waals surface area (Å²) >= 11 is 11.4. The first kappa shape index (κ1) is 19.5. The topological polar surface area (TPSA) is 69.6 Å². The van der Waals surface area contributed by atoms with Gasteiger partial charge in [0.2, 0.25) is 5.60 Å². The van der Waals surface area contributed by atoms with Crippen molar-refractivity contribution in [3.8, 4) is 0 Å². The second-order valence-corrected chi connectivity index (χ2v) is 6.88. The van der Waals surface area contributed by atoms with E-state index in [-0.39, 0.29) is 40.8 Å². The summed E-state index contributed by atoms with van der Waals surface area (Å²) in [5.74, 6) is -3.16. The van der Waals surface area contributed by atoms with Crippen molar-refractivity contribution < 1.29 is 23.5 Å². The summed E-state index contributed by atoms with van der Waals surface area (Å²) in [5, 5.41) is 12.6. The highest BCUT2D eigenvalue weighted by atomic mass is 35.5. The summed E-state index contributed by atoms with van der Waals surface area (Å²) in [7, 11) is 0. The summed E-state index contributed by atoms with van der Waals surface area (Å²) in [6, 6.07) is 7.95. The standard InChI is InChI=1S/C18H14Cl2F2N2O3/c19-12-3-1-2-10(15(12)22)9-23-16(25)18(27)6-7-24(17(18)26)11-4-5-14(21)13(20)8-11/h1-5,8,27H,6-7,9H2,(H,23,25)/t18-/m0/s1.